The van der Waals surface area contributed by atoms with E-state index < -0.39 is 26.6 Å². The van der Waals surface area contributed by atoms with Crippen LogP contribution in [0.25, 0.3) is 0 Å². The number of allylic oxidation sites excluding steroid dienone is 9. The highest BCUT2D eigenvalue weighted by molar-refractivity contribution is 7.45. The molecule has 0 aliphatic heterocycles. The fourth-order valence-corrected chi connectivity index (χ4v) is 8.37. The smallest absolute Gasteiger partial charge is 0.268 e. The van der Waals surface area contributed by atoms with E-state index in [-0.39, 0.29) is 12.5 Å². The SMILES string of the molecule is CCCCCCC/C=C\C/C=C\C/C=C\CCCCCCCCCCCCCCCCCCC(=O)NC(COP(=O)([O-])OCC[N+](C)(C)C)C(O)/C=C/CC/C=C/CCCCCCCC. The molecule has 0 fully saturated rings. The number of quaternary nitrogens is 1. The summed E-state index contributed by atoms with van der Waals surface area (Å²) in [7, 11) is 1.24. The minimum absolute atomic E-state index is 0.00742. The number of carbonyl (C=O) groups excluding carboxylic acids is 1. The molecule has 0 rings (SSSR count). The van der Waals surface area contributed by atoms with Gasteiger partial charge in [0.05, 0.1) is 39.9 Å². The monoisotopic (exact) mass is 933 g/mol. The second kappa shape index (κ2) is 47.3. The molecule has 0 aromatic rings. The van der Waals surface area contributed by atoms with Crippen LogP contribution in [0.3, 0.4) is 0 Å². The van der Waals surface area contributed by atoms with Crippen LogP contribution >= 0.6 is 7.82 Å². The summed E-state index contributed by atoms with van der Waals surface area (Å²) in [5, 5.41) is 13.8. The average molecular weight is 933 g/mol. The van der Waals surface area contributed by atoms with Crippen LogP contribution in [0, 0.1) is 0 Å². The molecular formula is C56H105N2O6P. The lowest BCUT2D eigenvalue weighted by atomic mass is 10.0. The van der Waals surface area contributed by atoms with Crippen LogP contribution in [0.15, 0.2) is 60.8 Å². The van der Waals surface area contributed by atoms with Crippen molar-refractivity contribution in [3.05, 3.63) is 60.8 Å². The van der Waals surface area contributed by atoms with Crippen molar-refractivity contribution in [2.45, 2.75) is 251 Å². The zero-order valence-corrected chi connectivity index (χ0v) is 44.1. The lowest BCUT2D eigenvalue weighted by molar-refractivity contribution is -0.870. The number of nitrogens with zero attached hydrogens (tertiary/aromatic N) is 1. The van der Waals surface area contributed by atoms with Crippen molar-refractivity contribution in [1.29, 1.82) is 0 Å². The van der Waals surface area contributed by atoms with Crippen molar-refractivity contribution >= 4 is 13.7 Å². The molecule has 0 aliphatic carbocycles. The molecule has 0 radical (unpaired) electrons. The van der Waals surface area contributed by atoms with Crippen LogP contribution in [-0.4, -0.2) is 68.5 Å². The summed E-state index contributed by atoms with van der Waals surface area (Å²) in [6, 6.07) is -0.903. The maximum absolute atomic E-state index is 12.9. The summed E-state index contributed by atoms with van der Waals surface area (Å²) in [6.45, 7) is 4.60. The Morgan fingerprint density at radius 3 is 1.35 bits per heavy atom. The summed E-state index contributed by atoms with van der Waals surface area (Å²) >= 11 is 0. The van der Waals surface area contributed by atoms with Crippen LogP contribution in [-0.2, 0) is 18.4 Å². The molecule has 8 nitrogen and oxygen atoms in total. The number of likely N-dealkylation sites (N-methyl/N-ethyl adjacent to an activating group) is 1. The number of phosphoric ester groups is 1. The Morgan fingerprint density at radius 1 is 0.538 bits per heavy atom. The van der Waals surface area contributed by atoms with E-state index in [1.807, 2.05) is 27.2 Å². The Bertz CT molecular complexity index is 1240. The van der Waals surface area contributed by atoms with E-state index >= 15 is 0 Å². The third-order valence-corrected chi connectivity index (χ3v) is 12.9. The highest BCUT2D eigenvalue weighted by Gasteiger charge is 2.23. The van der Waals surface area contributed by atoms with Crippen LogP contribution < -0.4 is 10.2 Å². The van der Waals surface area contributed by atoms with Crippen molar-refractivity contribution in [2.24, 2.45) is 0 Å². The molecular weight excluding hydrogens is 828 g/mol. The second-order valence-corrected chi connectivity index (χ2v) is 21.0. The first-order valence-electron chi connectivity index (χ1n) is 27.2. The van der Waals surface area contributed by atoms with Crippen molar-refractivity contribution in [2.75, 3.05) is 40.9 Å². The van der Waals surface area contributed by atoms with Gasteiger partial charge in [0.15, 0.2) is 0 Å². The Balaban J connectivity index is 4.09. The van der Waals surface area contributed by atoms with E-state index in [1.165, 1.54) is 167 Å². The van der Waals surface area contributed by atoms with Gasteiger partial charge in [0.1, 0.15) is 13.2 Å². The number of phosphoric acid groups is 1. The minimum atomic E-state index is -4.60. The molecule has 0 aromatic carbocycles. The van der Waals surface area contributed by atoms with Gasteiger partial charge in [-0.3, -0.25) is 9.36 Å². The first-order chi connectivity index (χ1) is 31.5. The molecule has 3 atom stereocenters. The van der Waals surface area contributed by atoms with E-state index in [1.54, 1.807) is 6.08 Å². The Kier molecular flexibility index (Phi) is 46.0. The van der Waals surface area contributed by atoms with E-state index in [9.17, 15) is 19.4 Å². The maximum atomic E-state index is 12.9. The quantitative estimate of drug-likeness (QED) is 0.0272. The van der Waals surface area contributed by atoms with Crippen LogP contribution in [0.1, 0.15) is 239 Å². The molecule has 0 saturated carbocycles. The molecule has 65 heavy (non-hydrogen) atoms. The lowest BCUT2D eigenvalue weighted by Gasteiger charge is -2.29. The molecule has 2 N–H and O–H groups in total. The van der Waals surface area contributed by atoms with E-state index in [0.717, 1.165) is 51.4 Å². The normalized spacial score (nSPS) is 14.5. The first-order valence-corrected chi connectivity index (χ1v) is 28.6. The summed E-state index contributed by atoms with van der Waals surface area (Å²) in [5.41, 5.74) is 0. The molecule has 0 aromatic heterocycles. The van der Waals surface area contributed by atoms with Crippen molar-refractivity contribution in [3.63, 3.8) is 0 Å². The Hall–Kier alpha value is -1.80. The maximum Gasteiger partial charge on any atom is 0.268 e. The van der Waals surface area contributed by atoms with Crippen LogP contribution in [0.2, 0.25) is 0 Å². The van der Waals surface area contributed by atoms with Gasteiger partial charge in [0, 0.05) is 6.42 Å². The summed E-state index contributed by atoms with van der Waals surface area (Å²) in [5.74, 6) is -0.209. The largest absolute Gasteiger partial charge is 0.756 e. The number of carbonyl (C=O) groups is 1. The number of aliphatic hydroxyl groups excluding tert-OH is 1. The fourth-order valence-electron chi connectivity index (χ4n) is 7.65. The van der Waals surface area contributed by atoms with E-state index in [4.69, 9.17) is 9.05 Å². The van der Waals surface area contributed by atoms with Gasteiger partial charge in [0.2, 0.25) is 5.91 Å². The predicted octanol–water partition coefficient (Wildman–Crippen LogP) is 15.5. The number of unbranched alkanes of at least 4 members (excludes halogenated alkanes) is 28. The molecule has 1 amide bonds. The predicted molar refractivity (Wildman–Crippen MR) is 279 cm³/mol. The topological polar surface area (TPSA) is 108 Å². The number of hydrogen-bond donors (Lipinski definition) is 2. The molecule has 380 valence electrons. The molecule has 0 spiro atoms. The van der Waals surface area contributed by atoms with Gasteiger partial charge in [-0.15, -0.1) is 0 Å². The average Bonchev–Trinajstić information content (AvgIpc) is 3.26. The zero-order valence-electron chi connectivity index (χ0n) is 43.2. The summed E-state index contributed by atoms with van der Waals surface area (Å²) in [6.07, 6.45) is 63.0. The molecule has 3 unspecified atom stereocenters. The standard InChI is InChI=1S/C56H105N2O6P/c1-6-8-10-12-14-16-18-20-21-22-23-24-25-26-27-28-29-30-31-32-33-34-35-36-37-38-40-42-44-46-48-50-56(60)57-54(53-64-65(61,62)63-52-51-58(3,4)5)55(59)49-47-45-43-41-39-19-17-15-13-11-9-7-2/h18,20,22-23,25-26,39,41,47,49,54-55,59H,6-17,19,21,24,27-38,40,42-46,48,50-53H2,1-5H3,(H-,57,60,61,62)/b20-18-,23-22-,26-25-,41-39+,49-47+. The van der Waals surface area contributed by atoms with Gasteiger partial charge in [-0.1, -0.05) is 222 Å². The number of hydrogen-bond acceptors (Lipinski definition) is 6. The van der Waals surface area contributed by atoms with Crippen molar-refractivity contribution in [1.82, 2.24) is 5.32 Å². The van der Waals surface area contributed by atoms with Gasteiger partial charge >= 0.3 is 0 Å². The van der Waals surface area contributed by atoms with Crippen molar-refractivity contribution < 1.29 is 32.9 Å². The van der Waals surface area contributed by atoms with Gasteiger partial charge in [-0.05, 0) is 70.6 Å². The number of rotatable bonds is 49. The van der Waals surface area contributed by atoms with Crippen LogP contribution in [0.5, 0.6) is 0 Å². The highest BCUT2D eigenvalue weighted by Crippen LogP contribution is 2.38. The third-order valence-electron chi connectivity index (χ3n) is 11.9. The highest BCUT2D eigenvalue weighted by atomic mass is 31.2. The number of nitrogens with one attached hydrogen (secondary N) is 1. The van der Waals surface area contributed by atoms with Crippen LogP contribution in [0.4, 0.5) is 0 Å². The first kappa shape index (κ1) is 63.2. The van der Waals surface area contributed by atoms with Gasteiger partial charge in [0.25, 0.3) is 7.82 Å². The summed E-state index contributed by atoms with van der Waals surface area (Å²) < 4.78 is 23.2. The Labute approximate surface area is 402 Å². The van der Waals surface area contributed by atoms with E-state index in [0.29, 0.717) is 17.4 Å². The fraction of sp³-hybridized carbons (Fsp3) is 0.804. The van der Waals surface area contributed by atoms with Gasteiger partial charge in [-0.25, -0.2) is 0 Å². The molecule has 0 saturated heterocycles. The third kappa shape index (κ3) is 49.9. The zero-order chi connectivity index (χ0) is 47.8. The molecule has 0 aliphatic rings. The summed E-state index contributed by atoms with van der Waals surface area (Å²) in [4.78, 5) is 25.4. The number of amides is 1. The van der Waals surface area contributed by atoms with Gasteiger partial charge < -0.3 is 28.8 Å². The molecule has 0 heterocycles. The molecule has 0 bridgehead atoms. The molecule has 9 heteroatoms. The lowest BCUT2D eigenvalue weighted by Crippen LogP contribution is -2.45. The Morgan fingerprint density at radius 2 is 0.908 bits per heavy atom. The number of aliphatic hydroxyl groups is 1. The van der Waals surface area contributed by atoms with Gasteiger partial charge in [-0.2, -0.15) is 0 Å². The van der Waals surface area contributed by atoms with E-state index in [2.05, 4.69) is 67.8 Å². The van der Waals surface area contributed by atoms with Crippen molar-refractivity contribution in [3.8, 4) is 0 Å². The minimum Gasteiger partial charge on any atom is -0.756 e. The second-order valence-electron chi connectivity index (χ2n) is 19.6.